The van der Waals surface area contributed by atoms with Gasteiger partial charge in [-0.25, -0.2) is 22.0 Å². The van der Waals surface area contributed by atoms with E-state index >= 15 is 8.78 Å². The van der Waals surface area contributed by atoms with Crippen LogP contribution in [0.4, 0.5) is 22.0 Å². The molecule has 5 aromatic rings. The fraction of sp³-hybridized carbons (Fsp3) is 0.118. The zero-order chi connectivity index (χ0) is 28.1. The summed E-state index contributed by atoms with van der Waals surface area (Å²) in [4.78, 5) is 0. The van der Waals surface area contributed by atoms with Crippen LogP contribution in [0, 0.1) is 29.1 Å². The van der Waals surface area contributed by atoms with Crippen molar-refractivity contribution in [3.8, 4) is 0 Å². The Hall–Kier alpha value is -4.19. The lowest BCUT2D eigenvalue weighted by atomic mass is 9.36. The van der Waals surface area contributed by atoms with E-state index in [0.29, 0.717) is 0 Å². The third kappa shape index (κ3) is 5.72. The second kappa shape index (κ2) is 12.3. The third-order valence-corrected chi connectivity index (χ3v) is 7.50. The molecule has 40 heavy (non-hydrogen) atoms. The van der Waals surface area contributed by atoms with Crippen molar-refractivity contribution < 1.29 is 22.0 Å². The maximum atomic E-state index is 15.4. The van der Waals surface area contributed by atoms with Crippen molar-refractivity contribution in [1.29, 1.82) is 0 Å². The molecule has 0 atom stereocenters. The molecule has 0 saturated heterocycles. The van der Waals surface area contributed by atoms with Crippen molar-refractivity contribution in [3.63, 3.8) is 0 Å². The Bertz CT molecular complexity index is 1350. The molecular weight excluding hydrogens is 514 g/mol. The highest BCUT2D eigenvalue weighted by Crippen LogP contribution is 2.36. The summed E-state index contributed by atoms with van der Waals surface area (Å²) in [5.41, 5.74) is 2.78. The van der Waals surface area contributed by atoms with E-state index in [1.165, 1.54) is 0 Å². The fourth-order valence-corrected chi connectivity index (χ4v) is 5.55. The van der Waals surface area contributed by atoms with Gasteiger partial charge in [-0.15, -0.1) is 0 Å². The maximum Gasteiger partial charge on any atom is 0.200 e. The van der Waals surface area contributed by atoms with Crippen molar-refractivity contribution in [2.24, 2.45) is 0 Å². The van der Waals surface area contributed by atoms with E-state index in [9.17, 15) is 13.2 Å². The molecule has 0 bridgehead atoms. The monoisotopic (exact) mass is 540 g/mol. The molecule has 0 aliphatic heterocycles. The van der Waals surface area contributed by atoms with E-state index in [1.807, 2.05) is 121 Å². The van der Waals surface area contributed by atoms with Crippen LogP contribution in [0.1, 0.15) is 34.1 Å². The summed E-state index contributed by atoms with van der Waals surface area (Å²) in [6, 6.07) is 37.8. The molecular formula is C34H26BF5. The first-order chi connectivity index (χ1) is 19.5. The van der Waals surface area contributed by atoms with Crippen LogP contribution in [-0.2, 0) is 0 Å². The summed E-state index contributed by atoms with van der Waals surface area (Å²) >= 11 is 0. The first-order valence-corrected chi connectivity index (χ1v) is 13.2. The zero-order valence-electron chi connectivity index (χ0n) is 21.6. The Balaban J connectivity index is 1.68. The maximum absolute atomic E-state index is 15.4. The molecule has 0 heterocycles. The lowest BCUT2D eigenvalue weighted by molar-refractivity contribution is 0.383. The second-order valence-corrected chi connectivity index (χ2v) is 9.90. The number of hydrogen-bond donors (Lipinski definition) is 0. The minimum Gasteiger partial charge on any atom is -0.204 e. The van der Waals surface area contributed by atoms with E-state index in [2.05, 4.69) is 0 Å². The average Bonchev–Trinajstić information content (AvgIpc) is 3.01. The summed E-state index contributed by atoms with van der Waals surface area (Å²) < 4.78 is 74.1. The Morgan fingerprint density at radius 1 is 0.375 bits per heavy atom. The number of halogens is 5. The molecule has 0 nitrogen and oxygen atoms in total. The summed E-state index contributed by atoms with van der Waals surface area (Å²) in [5, 5.41) is 0. The molecule has 200 valence electrons. The first kappa shape index (κ1) is 27.4. The van der Waals surface area contributed by atoms with Crippen LogP contribution in [0.25, 0.3) is 0 Å². The summed E-state index contributed by atoms with van der Waals surface area (Å²) in [7, 11) is 0. The molecule has 5 aromatic carbocycles. The molecule has 0 saturated carbocycles. The van der Waals surface area contributed by atoms with Crippen LogP contribution < -0.4 is 5.46 Å². The van der Waals surface area contributed by atoms with Gasteiger partial charge in [-0.05, 0) is 27.7 Å². The van der Waals surface area contributed by atoms with Crippen LogP contribution in [-0.4, -0.2) is 6.71 Å². The zero-order valence-corrected chi connectivity index (χ0v) is 21.6. The van der Waals surface area contributed by atoms with E-state index < -0.39 is 41.3 Å². The Morgan fingerprint density at radius 2 is 0.625 bits per heavy atom. The van der Waals surface area contributed by atoms with Gasteiger partial charge in [0.15, 0.2) is 35.8 Å². The van der Waals surface area contributed by atoms with Crippen LogP contribution in [0.15, 0.2) is 121 Å². The van der Waals surface area contributed by atoms with Gasteiger partial charge in [0, 0.05) is 11.8 Å². The minimum absolute atomic E-state index is 0.128. The van der Waals surface area contributed by atoms with Crippen molar-refractivity contribution in [1.82, 2.24) is 0 Å². The predicted molar refractivity (Wildman–Crippen MR) is 151 cm³/mol. The largest absolute Gasteiger partial charge is 0.204 e. The quantitative estimate of drug-likeness (QED) is 0.0759. The van der Waals surface area contributed by atoms with E-state index in [4.69, 9.17) is 0 Å². The van der Waals surface area contributed by atoms with Crippen LogP contribution >= 0.6 is 0 Å². The Labute approximate surface area is 231 Å². The highest BCUT2D eigenvalue weighted by atomic mass is 19.2. The fourth-order valence-electron chi connectivity index (χ4n) is 5.55. The van der Waals surface area contributed by atoms with Crippen LogP contribution in [0.2, 0.25) is 12.6 Å². The first-order valence-electron chi connectivity index (χ1n) is 13.2. The van der Waals surface area contributed by atoms with Gasteiger partial charge < -0.3 is 0 Å². The molecule has 0 aliphatic carbocycles. The third-order valence-electron chi connectivity index (χ3n) is 7.50. The summed E-state index contributed by atoms with van der Waals surface area (Å²) in [5.74, 6) is -10.3. The molecule has 0 radical (unpaired) electrons. The molecule has 0 aliphatic rings. The normalized spacial score (nSPS) is 11.3. The molecule has 5 rings (SSSR count). The lowest BCUT2D eigenvalue weighted by Gasteiger charge is -2.28. The molecule has 0 fully saturated rings. The minimum atomic E-state index is -2.15. The summed E-state index contributed by atoms with van der Waals surface area (Å²) in [6.07, 6.45) is 0.255. The molecule has 0 amide bonds. The Morgan fingerprint density at radius 3 is 0.900 bits per heavy atom. The van der Waals surface area contributed by atoms with Crippen molar-refractivity contribution in [3.05, 3.63) is 173 Å². The topological polar surface area (TPSA) is 0 Å². The van der Waals surface area contributed by atoms with Crippen molar-refractivity contribution in [2.75, 3.05) is 0 Å². The Kier molecular flexibility index (Phi) is 8.44. The number of benzene rings is 5. The smallest absolute Gasteiger partial charge is 0.200 e. The highest BCUT2D eigenvalue weighted by molar-refractivity contribution is 6.73. The van der Waals surface area contributed by atoms with Crippen LogP contribution in [0.3, 0.4) is 0 Å². The second-order valence-electron chi connectivity index (χ2n) is 9.90. The van der Waals surface area contributed by atoms with Crippen molar-refractivity contribution in [2.45, 2.75) is 24.5 Å². The number of hydrogen-bond acceptors (Lipinski definition) is 0. The molecule has 0 unspecified atom stereocenters. The van der Waals surface area contributed by atoms with E-state index in [0.717, 1.165) is 22.3 Å². The average molecular weight is 540 g/mol. The van der Waals surface area contributed by atoms with Gasteiger partial charge in [-0.3, -0.25) is 0 Å². The number of rotatable bonds is 9. The summed E-state index contributed by atoms with van der Waals surface area (Å²) in [6.45, 7) is -1.01. The van der Waals surface area contributed by atoms with E-state index in [1.54, 1.807) is 0 Å². The van der Waals surface area contributed by atoms with Gasteiger partial charge in [0.25, 0.3) is 0 Å². The van der Waals surface area contributed by atoms with Gasteiger partial charge in [0.05, 0.1) is 0 Å². The molecule has 0 spiro atoms. The standard InChI is InChI=1S/C34H26BF5/c36-30-29(31(37)33(39)34(40)32(30)38)35(21-27(23-13-5-1-6-14-23)24-15-7-2-8-16-24)22-28(25-17-9-3-10-18-25)26-19-11-4-12-20-26/h1-20,27-28H,21-22H2. The van der Waals surface area contributed by atoms with Gasteiger partial charge in [0.1, 0.15) is 0 Å². The highest BCUT2D eigenvalue weighted by Gasteiger charge is 2.36. The van der Waals surface area contributed by atoms with Crippen LogP contribution in [0.5, 0.6) is 0 Å². The van der Waals surface area contributed by atoms with E-state index in [-0.39, 0.29) is 24.5 Å². The molecule has 0 aromatic heterocycles. The van der Waals surface area contributed by atoms with Gasteiger partial charge in [-0.2, -0.15) is 0 Å². The van der Waals surface area contributed by atoms with Gasteiger partial charge >= 0.3 is 0 Å². The molecule has 0 N–H and O–H groups in total. The predicted octanol–water partition coefficient (Wildman–Crippen LogP) is 8.75. The van der Waals surface area contributed by atoms with Gasteiger partial charge in [0.2, 0.25) is 0 Å². The van der Waals surface area contributed by atoms with Crippen molar-refractivity contribution >= 4 is 12.2 Å². The SMILES string of the molecule is Fc1c(F)c(F)c(B(CC(c2ccccc2)c2ccccc2)CC(c2ccccc2)c2ccccc2)c(F)c1F. The lowest BCUT2D eigenvalue weighted by Crippen LogP contribution is -2.40. The molecule has 6 heteroatoms. The van der Waals surface area contributed by atoms with Gasteiger partial charge in [-0.1, -0.05) is 134 Å².